The number of ether oxygens (including phenoxy) is 1. The van der Waals surface area contributed by atoms with Crippen LogP contribution in [0.25, 0.3) is 5.76 Å². The summed E-state index contributed by atoms with van der Waals surface area (Å²) < 4.78 is 5.30. The molecule has 3 aromatic rings. The fourth-order valence-electron chi connectivity index (χ4n) is 4.10. The first-order valence-electron chi connectivity index (χ1n) is 10.3. The standard InChI is InChI=1S/C26H24N2O4/c1-15-5-6-16(2)20(13-15)28-23(18-9-11-27-12-10-18)22(25(30)26(28)31)24(29)19-7-8-21(32-4)17(3)14-19/h5-14,23,29H,1-4H3/b24-22-. The van der Waals surface area contributed by atoms with Gasteiger partial charge in [-0.1, -0.05) is 12.1 Å². The predicted molar refractivity (Wildman–Crippen MR) is 123 cm³/mol. The molecule has 0 spiro atoms. The van der Waals surface area contributed by atoms with Crippen molar-refractivity contribution < 1.29 is 19.4 Å². The fourth-order valence-corrected chi connectivity index (χ4v) is 4.10. The van der Waals surface area contributed by atoms with Gasteiger partial charge >= 0.3 is 0 Å². The Morgan fingerprint density at radius 3 is 2.34 bits per heavy atom. The number of hydrogen-bond acceptors (Lipinski definition) is 5. The Morgan fingerprint density at radius 2 is 1.69 bits per heavy atom. The van der Waals surface area contributed by atoms with Gasteiger partial charge in [0.25, 0.3) is 11.7 Å². The molecule has 1 fully saturated rings. The third-order valence-electron chi connectivity index (χ3n) is 5.76. The molecule has 1 atom stereocenters. The van der Waals surface area contributed by atoms with Crippen LogP contribution in [0.5, 0.6) is 5.75 Å². The van der Waals surface area contributed by atoms with E-state index in [-0.39, 0.29) is 11.3 Å². The summed E-state index contributed by atoms with van der Waals surface area (Å²) in [6.07, 6.45) is 3.21. The van der Waals surface area contributed by atoms with E-state index in [1.807, 2.05) is 39.0 Å². The summed E-state index contributed by atoms with van der Waals surface area (Å²) >= 11 is 0. The number of aliphatic hydroxyl groups excluding tert-OH is 1. The van der Waals surface area contributed by atoms with Crippen LogP contribution in [0.2, 0.25) is 0 Å². The molecule has 0 aliphatic carbocycles. The molecule has 0 radical (unpaired) electrons. The van der Waals surface area contributed by atoms with E-state index in [2.05, 4.69) is 4.98 Å². The smallest absolute Gasteiger partial charge is 0.300 e. The number of aliphatic hydroxyl groups is 1. The number of carbonyl (C=O) groups is 2. The Kier molecular flexibility index (Phi) is 5.53. The third kappa shape index (κ3) is 3.54. The van der Waals surface area contributed by atoms with Gasteiger partial charge in [0.1, 0.15) is 11.5 Å². The maximum absolute atomic E-state index is 13.3. The highest BCUT2D eigenvalue weighted by atomic mass is 16.5. The van der Waals surface area contributed by atoms with Gasteiger partial charge in [0, 0.05) is 23.6 Å². The lowest BCUT2D eigenvalue weighted by atomic mass is 9.95. The molecule has 0 bridgehead atoms. The van der Waals surface area contributed by atoms with Crippen molar-refractivity contribution in [2.24, 2.45) is 0 Å². The molecule has 1 N–H and O–H groups in total. The van der Waals surface area contributed by atoms with E-state index in [1.165, 1.54) is 4.90 Å². The van der Waals surface area contributed by atoms with Crippen molar-refractivity contribution in [3.05, 3.63) is 94.3 Å². The lowest BCUT2D eigenvalue weighted by Gasteiger charge is -2.27. The minimum atomic E-state index is -0.777. The van der Waals surface area contributed by atoms with Gasteiger partial charge in [-0.2, -0.15) is 0 Å². The largest absolute Gasteiger partial charge is 0.507 e. The number of aromatic nitrogens is 1. The monoisotopic (exact) mass is 428 g/mol. The molecule has 162 valence electrons. The van der Waals surface area contributed by atoms with E-state index in [4.69, 9.17) is 4.74 Å². The molecule has 2 heterocycles. The van der Waals surface area contributed by atoms with Crippen molar-refractivity contribution in [3.63, 3.8) is 0 Å². The minimum Gasteiger partial charge on any atom is -0.507 e. The average molecular weight is 428 g/mol. The van der Waals surface area contributed by atoms with Crippen LogP contribution in [0.15, 0.2) is 66.5 Å². The van der Waals surface area contributed by atoms with Crippen LogP contribution in [0, 0.1) is 20.8 Å². The summed E-state index contributed by atoms with van der Waals surface area (Å²) in [6, 6.07) is 13.6. The fraction of sp³-hybridized carbons (Fsp3) is 0.192. The van der Waals surface area contributed by atoms with Crippen molar-refractivity contribution >= 4 is 23.1 Å². The van der Waals surface area contributed by atoms with E-state index in [1.54, 1.807) is 49.8 Å². The van der Waals surface area contributed by atoms with Crippen LogP contribution in [-0.4, -0.2) is 28.9 Å². The Bertz CT molecular complexity index is 1250. The van der Waals surface area contributed by atoms with Gasteiger partial charge in [0.15, 0.2) is 0 Å². The van der Waals surface area contributed by atoms with Crippen LogP contribution < -0.4 is 9.64 Å². The number of anilines is 1. The summed E-state index contributed by atoms with van der Waals surface area (Å²) in [6.45, 7) is 5.68. The number of rotatable bonds is 4. The van der Waals surface area contributed by atoms with E-state index in [0.717, 1.165) is 16.7 Å². The quantitative estimate of drug-likeness (QED) is 0.372. The zero-order valence-corrected chi connectivity index (χ0v) is 18.4. The molecule has 32 heavy (non-hydrogen) atoms. The third-order valence-corrected chi connectivity index (χ3v) is 5.76. The predicted octanol–water partition coefficient (Wildman–Crippen LogP) is 4.64. The van der Waals surface area contributed by atoms with Crippen molar-refractivity contribution in [2.45, 2.75) is 26.8 Å². The van der Waals surface area contributed by atoms with Gasteiger partial charge in [-0.25, -0.2) is 0 Å². The summed E-state index contributed by atoms with van der Waals surface area (Å²) in [5.74, 6) is -0.947. The van der Waals surface area contributed by atoms with Crippen LogP contribution in [-0.2, 0) is 9.59 Å². The number of methoxy groups -OCH3 is 1. The van der Waals surface area contributed by atoms with E-state index in [0.29, 0.717) is 22.6 Å². The molecular weight excluding hydrogens is 404 g/mol. The van der Waals surface area contributed by atoms with Gasteiger partial charge in [0.2, 0.25) is 0 Å². The second kappa shape index (κ2) is 8.30. The number of pyridine rings is 1. The highest BCUT2D eigenvalue weighted by molar-refractivity contribution is 6.51. The number of aryl methyl sites for hydroxylation is 3. The first-order chi connectivity index (χ1) is 15.3. The molecule has 1 unspecified atom stereocenters. The molecule has 1 aliphatic heterocycles. The second-order valence-electron chi connectivity index (χ2n) is 7.92. The van der Waals surface area contributed by atoms with Crippen molar-refractivity contribution in [2.75, 3.05) is 12.0 Å². The number of amides is 1. The van der Waals surface area contributed by atoms with Gasteiger partial charge in [-0.05, 0) is 79.4 Å². The average Bonchev–Trinajstić information content (AvgIpc) is 3.06. The molecule has 1 aliphatic rings. The van der Waals surface area contributed by atoms with Crippen molar-refractivity contribution in [3.8, 4) is 5.75 Å². The molecule has 4 rings (SSSR count). The molecule has 6 nitrogen and oxygen atoms in total. The topological polar surface area (TPSA) is 79.7 Å². The molecule has 1 amide bonds. The van der Waals surface area contributed by atoms with Crippen LogP contribution in [0.4, 0.5) is 5.69 Å². The molecule has 6 heteroatoms. The SMILES string of the molecule is COc1ccc(/C(O)=C2/C(=O)C(=O)N(c3cc(C)ccc3C)C2c2ccncc2)cc1C. The lowest BCUT2D eigenvalue weighted by molar-refractivity contribution is -0.132. The first kappa shape index (κ1) is 21.3. The Labute approximate surface area is 186 Å². The zero-order chi connectivity index (χ0) is 23.0. The van der Waals surface area contributed by atoms with Gasteiger partial charge < -0.3 is 9.84 Å². The zero-order valence-electron chi connectivity index (χ0n) is 18.4. The Morgan fingerprint density at radius 1 is 0.969 bits per heavy atom. The van der Waals surface area contributed by atoms with Crippen LogP contribution in [0.3, 0.4) is 0 Å². The van der Waals surface area contributed by atoms with Crippen molar-refractivity contribution in [1.82, 2.24) is 4.98 Å². The maximum Gasteiger partial charge on any atom is 0.300 e. The second-order valence-corrected chi connectivity index (χ2v) is 7.92. The minimum absolute atomic E-state index is 0.0478. The lowest BCUT2D eigenvalue weighted by Crippen LogP contribution is -2.30. The molecule has 1 aromatic heterocycles. The first-order valence-corrected chi connectivity index (χ1v) is 10.3. The highest BCUT2D eigenvalue weighted by Crippen LogP contribution is 2.43. The summed E-state index contributed by atoms with van der Waals surface area (Å²) in [5, 5.41) is 11.2. The Balaban J connectivity index is 1.96. The molecule has 0 saturated carbocycles. The van der Waals surface area contributed by atoms with Gasteiger partial charge in [-0.15, -0.1) is 0 Å². The Hall–Kier alpha value is -3.93. The van der Waals surface area contributed by atoms with Crippen LogP contribution in [0.1, 0.15) is 33.9 Å². The maximum atomic E-state index is 13.3. The molecular formula is C26H24N2O4. The normalized spacial score (nSPS) is 17.6. The number of carbonyl (C=O) groups excluding carboxylic acids is 2. The van der Waals surface area contributed by atoms with Gasteiger partial charge in [0.05, 0.1) is 18.7 Å². The summed E-state index contributed by atoms with van der Waals surface area (Å²) in [4.78, 5) is 32.0. The number of benzene rings is 2. The molecule has 2 aromatic carbocycles. The van der Waals surface area contributed by atoms with E-state index in [9.17, 15) is 14.7 Å². The van der Waals surface area contributed by atoms with E-state index < -0.39 is 17.7 Å². The summed E-state index contributed by atoms with van der Waals surface area (Å²) in [7, 11) is 1.57. The number of hydrogen-bond donors (Lipinski definition) is 1. The van der Waals surface area contributed by atoms with Crippen LogP contribution >= 0.6 is 0 Å². The van der Waals surface area contributed by atoms with Crippen molar-refractivity contribution in [1.29, 1.82) is 0 Å². The van der Waals surface area contributed by atoms with Gasteiger partial charge in [-0.3, -0.25) is 19.5 Å². The molecule has 1 saturated heterocycles. The van der Waals surface area contributed by atoms with E-state index >= 15 is 0 Å². The summed E-state index contributed by atoms with van der Waals surface area (Å²) in [5.41, 5.74) is 4.45. The highest BCUT2D eigenvalue weighted by Gasteiger charge is 2.47. The number of ketones is 1. The number of nitrogens with zero attached hydrogens (tertiary/aromatic N) is 2. The number of Topliss-reactive ketones (excluding diaryl/α,β-unsaturated/α-hetero) is 1.